The molecule has 1 aliphatic rings. The molecule has 1 rings (SSSR count). The van der Waals surface area contributed by atoms with Crippen LogP contribution < -0.4 is 0 Å². The summed E-state index contributed by atoms with van der Waals surface area (Å²) < 4.78 is 4.77. The zero-order chi connectivity index (χ0) is 8.16. The van der Waals surface area contributed by atoms with Crippen molar-refractivity contribution in [2.24, 2.45) is 0 Å². The summed E-state index contributed by atoms with van der Waals surface area (Å²) in [7, 11) is 0. The lowest BCUT2D eigenvalue weighted by Gasteiger charge is -2.29. The zero-order valence-electron chi connectivity index (χ0n) is 6.41. The van der Waals surface area contributed by atoms with Crippen molar-refractivity contribution < 1.29 is 14.3 Å². The lowest BCUT2D eigenvalue weighted by atomic mass is 9.86. The van der Waals surface area contributed by atoms with E-state index < -0.39 is 5.60 Å². The van der Waals surface area contributed by atoms with Gasteiger partial charge in [0.25, 0.3) is 6.47 Å². The Hall–Kier alpha value is -0.860. The van der Waals surface area contributed by atoms with Crippen molar-refractivity contribution >= 4 is 12.8 Å². The number of rotatable bonds is 3. The monoisotopic (exact) mass is 156 g/mol. The Morgan fingerprint density at radius 3 is 2.18 bits per heavy atom. The first-order valence-electron chi connectivity index (χ1n) is 3.91. The van der Waals surface area contributed by atoms with E-state index >= 15 is 0 Å². The maximum Gasteiger partial charge on any atom is 0.294 e. The second kappa shape index (κ2) is 3.51. The molecule has 0 amide bonds. The molecule has 1 aliphatic carbocycles. The highest BCUT2D eigenvalue weighted by Gasteiger charge is 2.33. The van der Waals surface area contributed by atoms with Gasteiger partial charge >= 0.3 is 0 Å². The summed E-state index contributed by atoms with van der Waals surface area (Å²) in [5.74, 6) is 0. The average molecular weight is 156 g/mol. The van der Waals surface area contributed by atoms with Gasteiger partial charge in [0.05, 0.1) is 0 Å². The number of hydrogen-bond acceptors (Lipinski definition) is 3. The first-order valence-corrected chi connectivity index (χ1v) is 3.91. The van der Waals surface area contributed by atoms with Crippen LogP contribution in [0.2, 0.25) is 0 Å². The van der Waals surface area contributed by atoms with Gasteiger partial charge in [-0.15, -0.1) is 0 Å². The van der Waals surface area contributed by atoms with Crippen LogP contribution in [-0.2, 0) is 14.3 Å². The van der Waals surface area contributed by atoms with E-state index in [9.17, 15) is 9.59 Å². The minimum absolute atomic E-state index is 0.375. The third kappa shape index (κ3) is 1.79. The van der Waals surface area contributed by atoms with Crippen LogP contribution in [0.3, 0.4) is 0 Å². The van der Waals surface area contributed by atoms with Gasteiger partial charge in [0.2, 0.25) is 0 Å². The van der Waals surface area contributed by atoms with Gasteiger partial charge in [-0.2, -0.15) is 0 Å². The molecule has 0 saturated heterocycles. The summed E-state index contributed by atoms with van der Waals surface area (Å²) in [4.78, 5) is 20.6. The van der Waals surface area contributed by atoms with Crippen LogP contribution in [0.4, 0.5) is 0 Å². The molecule has 0 N–H and O–H groups in total. The molecule has 0 radical (unpaired) electrons. The van der Waals surface area contributed by atoms with E-state index in [2.05, 4.69) is 0 Å². The second-order valence-corrected chi connectivity index (χ2v) is 2.96. The van der Waals surface area contributed by atoms with E-state index in [-0.39, 0.29) is 0 Å². The van der Waals surface area contributed by atoms with Gasteiger partial charge in [-0.05, 0) is 25.7 Å². The molecule has 1 fully saturated rings. The number of hydrogen-bond donors (Lipinski definition) is 0. The van der Waals surface area contributed by atoms with E-state index in [0.29, 0.717) is 19.3 Å². The molecule has 0 aliphatic heterocycles. The minimum atomic E-state index is -0.778. The predicted octanol–water partition coefficient (Wildman–Crippen LogP) is 1.06. The Kier molecular flexibility index (Phi) is 2.63. The highest BCUT2D eigenvalue weighted by molar-refractivity contribution is 5.65. The van der Waals surface area contributed by atoms with Crippen molar-refractivity contribution in [1.29, 1.82) is 0 Å². The molecule has 0 bridgehead atoms. The fourth-order valence-electron chi connectivity index (χ4n) is 1.51. The van der Waals surface area contributed by atoms with Crippen molar-refractivity contribution in [2.75, 3.05) is 0 Å². The summed E-state index contributed by atoms with van der Waals surface area (Å²) in [5.41, 5.74) is -0.778. The SMILES string of the molecule is O=COC1(C=O)CCCCC1. The topological polar surface area (TPSA) is 43.4 Å². The highest BCUT2D eigenvalue weighted by Crippen LogP contribution is 2.28. The van der Waals surface area contributed by atoms with Gasteiger partial charge in [0, 0.05) is 0 Å². The predicted molar refractivity (Wildman–Crippen MR) is 39.0 cm³/mol. The number of carbonyl (C=O) groups is 2. The minimum Gasteiger partial charge on any atom is -0.454 e. The van der Waals surface area contributed by atoms with Crippen LogP contribution in [-0.4, -0.2) is 18.4 Å². The zero-order valence-corrected chi connectivity index (χ0v) is 6.41. The molecule has 11 heavy (non-hydrogen) atoms. The van der Waals surface area contributed by atoms with E-state index in [1.165, 1.54) is 0 Å². The molecule has 0 aromatic rings. The number of carbonyl (C=O) groups excluding carboxylic acids is 2. The van der Waals surface area contributed by atoms with Gasteiger partial charge < -0.3 is 4.74 Å². The van der Waals surface area contributed by atoms with E-state index in [1.807, 2.05) is 0 Å². The fourth-order valence-corrected chi connectivity index (χ4v) is 1.51. The van der Waals surface area contributed by atoms with Crippen LogP contribution in [0.5, 0.6) is 0 Å². The third-order valence-corrected chi connectivity index (χ3v) is 2.20. The summed E-state index contributed by atoms with van der Waals surface area (Å²) >= 11 is 0. The molecule has 1 saturated carbocycles. The van der Waals surface area contributed by atoms with E-state index in [1.54, 1.807) is 0 Å². The number of aldehydes is 1. The van der Waals surface area contributed by atoms with Crippen molar-refractivity contribution in [1.82, 2.24) is 0 Å². The largest absolute Gasteiger partial charge is 0.454 e. The average Bonchev–Trinajstić information content (AvgIpc) is 2.07. The Labute approximate surface area is 65.7 Å². The Balaban J connectivity index is 2.56. The van der Waals surface area contributed by atoms with Crippen LogP contribution in [0.15, 0.2) is 0 Å². The molecule has 0 aromatic heterocycles. The Bertz CT molecular complexity index is 147. The molecule has 3 heteroatoms. The van der Waals surface area contributed by atoms with Gasteiger partial charge in [0.1, 0.15) is 0 Å². The smallest absolute Gasteiger partial charge is 0.294 e. The van der Waals surface area contributed by atoms with Crippen LogP contribution in [0, 0.1) is 0 Å². The lowest BCUT2D eigenvalue weighted by Crippen LogP contribution is -2.36. The summed E-state index contributed by atoms with van der Waals surface area (Å²) in [6.45, 7) is 0.375. The molecule has 0 aromatic carbocycles. The summed E-state index contributed by atoms with van der Waals surface area (Å²) in [6.07, 6.45) is 5.24. The number of ether oxygens (including phenoxy) is 1. The molecule has 0 heterocycles. The molecule has 0 unspecified atom stereocenters. The van der Waals surface area contributed by atoms with Gasteiger partial charge in [-0.25, -0.2) is 0 Å². The van der Waals surface area contributed by atoms with Crippen LogP contribution in [0.1, 0.15) is 32.1 Å². The molecular weight excluding hydrogens is 144 g/mol. The van der Waals surface area contributed by atoms with Crippen molar-refractivity contribution in [3.63, 3.8) is 0 Å². The molecule has 0 atom stereocenters. The fraction of sp³-hybridized carbons (Fsp3) is 0.750. The third-order valence-electron chi connectivity index (χ3n) is 2.20. The lowest BCUT2D eigenvalue weighted by molar-refractivity contribution is -0.153. The van der Waals surface area contributed by atoms with Crippen LogP contribution in [0.25, 0.3) is 0 Å². The Morgan fingerprint density at radius 2 is 1.73 bits per heavy atom. The standard InChI is InChI=1S/C8H12O3/c9-6-8(11-7-10)4-2-1-3-5-8/h6-7H,1-5H2. The normalized spacial score (nSPS) is 22.2. The molecule has 0 spiro atoms. The van der Waals surface area contributed by atoms with Gasteiger partial charge in [-0.3, -0.25) is 9.59 Å². The highest BCUT2D eigenvalue weighted by atomic mass is 16.5. The first-order chi connectivity index (χ1) is 5.33. The van der Waals surface area contributed by atoms with Gasteiger partial charge in [-0.1, -0.05) is 6.42 Å². The molecule has 62 valence electrons. The van der Waals surface area contributed by atoms with Crippen LogP contribution >= 0.6 is 0 Å². The van der Waals surface area contributed by atoms with E-state index in [4.69, 9.17) is 4.74 Å². The quantitative estimate of drug-likeness (QED) is 0.574. The first kappa shape index (κ1) is 8.24. The summed E-state index contributed by atoms with van der Waals surface area (Å²) in [6, 6.07) is 0. The summed E-state index contributed by atoms with van der Waals surface area (Å²) in [5, 5.41) is 0. The van der Waals surface area contributed by atoms with E-state index in [0.717, 1.165) is 25.5 Å². The van der Waals surface area contributed by atoms with Crippen molar-refractivity contribution in [3.8, 4) is 0 Å². The maximum absolute atomic E-state index is 10.6. The Morgan fingerprint density at radius 1 is 1.09 bits per heavy atom. The molecule has 3 nitrogen and oxygen atoms in total. The van der Waals surface area contributed by atoms with Crippen molar-refractivity contribution in [3.05, 3.63) is 0 Å². The van der Waals surface area contributed by atoms with Gasteiger partial charge in [0.15, 0.2) is 11.9 Å². The second-order valence-electron chi connectivity index (χ2n) is 2.96. The van der Waals surface area contributed by atoms with Crippen molar-refractivity contribution in [2.45, 2.75) is 37.7 Å². The maximum atomic E-state index is 10.6. The molecular formula is C8H12O3.